The molecular formula is C13H12ClNO4. The fourth-order valence-corrected chi connectivity index (χ4v) is 2.79. The standard InChI is InChI=1S/C13H12ClNO4/c14-8-6-9-12(19-5-4-18-9)10(11(8)17)13(15-7-16)2-1-3-13/h6,17H,1-5H2. The predicted octanol–water partition coefficient (Wildman–Crippen LogP) is 2.53. The lowest BCUT2D eigenvalue weighted by Gasteiger charge is -2.39. The molecule has 19 heavy (non-hydrogen) atoms. The molecule has 0 amide bonds. The summed E-state index contributed by atoms with van der Waals surface area (Å²) in [5, 5.41) is 10.4. The fourth-order valence-electron chi connectivity index (χ4n) is 2.59. The van der Waals surface area contributed by atoms with Crippen molar-refractivity contribution in [2.75, 3.05) is 13.2 Å². The van der Waals surface area contributed by atoms with Crippen molar-refractivity contribution in [1.82, 2.24) is 0 Å². The predicted molar refractivity (Wildman–Crippen MR) is 67.8 cm³/mol. The number of aromatic hydroxyl groups is 1. The number of fused-ring (bicyclic) bond motifs is 1. The number of hydrogen-bond acceptors (Lipinski definition) is 5. The molecule has 0 aromatic heterocycles. The van der Waals surface area contributed by atoms with Crippen LogP contribution in [0, 0.1) is 0 Å². The van der Waals surface area contributed by atoms with Gasteiger partial charge in [0.1, 0.15) is 24.5 Å². The summed E-state index contributed by atoms with van der Waals surface area (Å²) in [6.45, 7) is 0.819. The van der Waals surface area contributed by atoms with E-state index in [-0.39, 0.29) is 10.8 Å². The minimum Gasteiger partial charge on any atom is -0.506 e. The number of hydrogen-bond donors (Lipinski definition) is 1. The SMILES string of the molecule is O=C=NC1(c2c(O)c(Cl)cc3c2OCCO3)CCC1. The number of benzene rings is 1. The maximum atomic E-state index is 10.7. The van der Waals surface area contributed by atoms with Gasteiger partial charge in [0.05, 0.1) is 10.6 Å². The Labute approximate surface area is 114 Å². The summed E-state index contributed by atoms with van der Waals surface area (Å²) in [6, 6.07) is 1.52. The van der Waals surface area contributed by atoms with Gasteiger partial charge in [-0.05, 0) is 19.3 Å². The van der Waals surface area contributed by atoms with Crippen molar-refractivity contribution in [3.63, 3.8) is 0 Å². The lowest BCUT2D eigenvalue weighted by atomic mass is 9.71. The molecule has 1 aromatic carbocycles. The largest absolute Gasteiger partial charge is 0.506 e. The first-order chi connectivity index (χ1) is 9.18. The summed E-state index contributed by atoms with van der Waals surface area (Å²) in [6.07, 6.45) is 3.83. The quantitative estimate of drug-likeness (QED) is 0.668. The van der Waals surface area contributed by atoms with Crippen molar-refractivity contribution in [2.45, 2.75) is 24.8 Å². The maximum Gasteiger partial charge on any atom is 0.235 e. The van der Waals surface area contributed by atoms with Crippen molar-refractivity contribution >= 4 is 17.7 Å². The topological polar surface area (TPSA) is 68.1 Å². The Morgan fingerprint density at radius 3 is 2.74 bits per heavy atom. The number of isocyanates is 1. The van der Waals surface area contributed by atoms with Crippen molar-refractivity contribution < 1.29 is 19.4 Å². The second-order valence-electron chi connectivity index (χ2n) is 4.69. The van der Waals surface area contributed by atoms with E-state index >= 15 is 0 Å². The Morgan fingerprint density at radius 1 is 1.37 bits per heavy atom. The van der Waals surface area contributed by atoms with E-state index < -0.39 is 5.54 Å². The molecule has 6 heteroatoms. The summed E-state index contributed by atoms with van der Waals surface area (Å²) < 4.78 is 11.1. The number of carbonyl (C=O) groups excluding carboxylic acids is 1. The Kier molecular flexibility index (Phi) is 2.88. The molecule has 1 saturated carbocycles. The lowest BCUT2D eigenvalue weighted by Crippen LogP contribution is -2.33. The van der Waals surface area contributed by atoms with Gasteiger partial charge in [-0.2, -0.15) is 4.99 Å². The number of rotatable bonds is 2. The average Bonchev–Trinajstić information content (AvgIpc) is 2.36. The average molecular weight is 282 g/mol. The van der Waals surface area contributed by atoms with Crippen molar-refractivity contribution in [1.29, 1.82) is 0 Å². The molecule has 3 rings (SSSR count). The molecule has 5 nitrogen and oxygen atoms in total. The zero-order valence-corrected chi connectivity index (χ0v) is 10.9. The second kappa shape index (κ2) is 4.44. The van der Waals surface area contributed by atoms with E-state index in [9.17, 15) is 9.90 Å². The molecule has 1 aromatic rings. The van der Waals surface area contributed by atoms with Crippen LogP contribution in [0.15, 0.2) is 11.1 Å². The summed E-state index contributed by atoms with van der Waals surface area (Å²) in [5.41, 5.74) is -0.328. The minimum absolute atomic E-state index is 0.0929. The van der Waals surface area contributed by atoms with Crippen LogP contribution in [0.2, 0.25) is 5.02 Å². The van der Waals surface area contributed by atoms with E-state index in [1.54, 1.807) is 6.08 Å². The van der Waals surface area contributed by atoms with Crippen molar-refractivity contribution in [2.24, 2.45) is 4.99 Å². The highest BCUT2D eigenvalue weighted by Gasteiger charge is 2.45. The minimum atomic E-state index is -0.776. The third-order valence-corrected chi connectivity index (χ3v) is 3.95. The smallest absolute Gasteiger partial charge is 0.235 e. The van der Waals surface area contributed by atoms with Crippen LogP contribution >= 0.6 is 11.6 Å². The summed E-state index contributed by atoms with van der Waals surface area (Å²) in [4.78, 5) is 14.6. The van der Waals surface area contributed by atoms with E-state index in [4.69, 9.17) is 21.1 Å². The molecule has 0 saturated heterocycles. The Hall–Kier alpha value is -1.71. The monoisotopic (exact) mass is 281 g/mol. The van der Waals surface area contributed by atoms with Crippen molar-refractivity contribution in [3.8, 4) is 17.2 Å². The summed E-state index contributed by atoms with van der Waals surface area (Å²) >= 11 is 6.01. The van der Waals surface area contributed by atoms with E-state index in [1.807, 2.05) is 0 Å². The summed E-state index contributed by atoms with van der Waals surface area (Å²) in [5.74, 6) is 0.827. The third-order valence-electron chi connectivity index (χ3n) is 3.66. The van der Waals surface area contributed by atoms with E-state index in [2.05, 4.69) is 4.99 Å². The molecule has 1 aliphatic heterocycles. The number of nitrogens with zero attached hydrogens (tertiary/aromatic N) is 1. The van der Waals surface area contributed by atoms with Crippen LogP contribution in [0.5, 0.6) is 17.2 Å². The third kappa shape index (κ3) is 1.78. The van der Waals surface area contributed by atoms with Gasteiger partial charge in [-0.15, -0.1) is 0 Å². The van der Waals surface area contributed by atoms with Crippen molar-refractivity contribution in [3.05, 3.63) is 16.7 Å². The van der Waals surface area contributed by atoms with Gasteiger partial charge in [0, 0.05) is 6.07 Å². The van der Waals surface area contributed by atoms with E-state index in [0.29, 0.717) is 43.1 Å². The van der Waals surface area contributed by atoms with Crippen LogP contribution in [-0.2, 0) is 10.3 Å². The molecule has 0 atom stereocenters. The molecule has 1 fully saturated rings. The van der Waals surface area contributed by atoms with Crippen LogP contribution in [-0.4, -0.2) is 24.4 Å². The first-order valence-electron chi connectivity index (χ1n) is 6.08. The normalized spacial score (nSPS) is 19.2. The van der Waals surface area contributed by atoms with Gasteiger partial charge < -0.3 is 14.6 Å². The van der Waals surface area contributed by atoms with Gasteiger partial charge in [-0.1, -0.05) is 11.6 Å². The lowest BCUT2D eigenvalue weighted by molar-refractivity contribution is 0.158. The van der Waals surface area contributed by atoms with Crippen LogP contribution in [0.3, 0.4) is 0 Å². The number of phenolic OH excluding ortho intramolecular Hbond substituents is 1. The van der Waals surface area contributed by atoms with E-state index in [0.717, 1.165) is 6.42 Å². The maximum absolute atomic E-state index is 10.7. The van der Waals surface area contributed by atoms with Gasteiger partial charge in [0.25, 0.3) is 0 Å². The highest BCUT2D eigenvalue weighted by atomic mass is 35.5. The van der Waals surface area contributed by atoms with Crippen LogP contribution in [0.25, 0.3) is 0 Å². The molecular weight excluding hydrogens is 270 g/mol. The zero-order chi connectivity index (χ0) is 13.5. The van der Waals surface area contributed by atoms with Gasteiger partial charge in [-0.3, -0.25) is 0 Å². The fraction of sp³-hybridized carbons (Fsp3) is 0.462. The molecule has 2 aliphatic rings. The van der Waals surface area contributed by atoms with Crippen LogP contribution in [0.4, 0.5) is 0 Å². The number of ether oxygens (including phenoxy) is 2. The second-order valence-corrected chi connectivity index (χ2v) is 5.10. The highest BCUT2D eigenvalue weighted by molar-refractivity contribution is 6.32. The first-order valence-corrected chi connectivity index (χ1v) is 6.46. The molecule has 1 heterocycles. The molecule has 0 radical (unpaired) electrons. The van der Waals surface area contributed by atoms with Crippen LogP contribution in [0.1, 0.15) is 24.8 Å². The highest BCUT2D eigenvalue weighted by Crippen LogP contribution is 2.56. The molecule has 1 N–H and O–H groups in total. The molecule has 1 aliphatic carbocycles. The summed E-state index contributed by atoms with van der Waals surface area (Å²) in [7, 11) is 0. The number of halogens is 1. The van der Waals surface area contributed by atoms with Gasteiger partial charge in [0.2, 0.25) is 6.08 Å². The first kappa shape index (κ1) is 12.3. The zero-order valence-electron chi connectivity index (χ0n) is 10.1. The Morgan fingerprint density at radius 2 is 2.11 bits per heavy atom. The van der Waals surface area contributed by atoms with Gasteiger partial charge in [0.15, 0.2) is 11.5 Å². The Bertz CT molecular complexity index is 576. The molecule has 100 valence electrons. The molecule has 0 bridgehead atoms. The van der Waals surface area contributed by atoms with Gasteiger partial charge in [-0.25, -0.2) is 4.79 Å². The van der Waals surface area contributed by atoms with Crippen LogP contribution < -0.4 is 9.47 Å². The molecule has 0 unspecified atom stereocenters. The van der Waals surface area contributed by atoms with Gasteiger partial charge >= 0.3 is 0 Å². The Balaban J connectivity index is 2.24. The number of phenols is 1. The number of aliphatic imine (C=N–C) groups is 1. The van der Waals surface area contributed by atoms with E-state index in [1.165, 1.54) is 6.07 Å². The molecule has 0 spiro atoms.